The zero-order valence-electron chi connectivity index (χ0n) is 13.6. The first kappa shape index (κ1) is 17.6. The Labute approximate surface area is 151 Å². The summed E-state index contributed by atoms with van der Waals surface area (Å²) in [5.41, 5.74) is 0. The molecule has 2 aliphatic heterocycles. The predicted molar refractivity (Wildman–Crippen MR) is 93.2 cm³/mol. The second-order valence-corrected chi connectivity index (χ2v) is 6.72. The topological polar surface area (TPSA) is 54.9 Å². The molecule has 3 rings (SSSR count). The van der Waals surface area contributed by atoms with Crippen LogP contribution < -0.4 is 9.64 Å². The second kappa shape index (κ2) is 7.76. The summed E-state index contributed by atoms with van der Waals surface area (Å²) in [5, 5.41) is 0.779. The molecule has 3 heterocycles. The molecule has 8 heteroatoms. The van der Waals surface area contributed by atoms with Gasteiger partial charge in [0.25, 0.3) is 0 Å². The number of carbonyl (C=O) groups is 1. The molecule has 2 aliphatic rings. The minimum absolute atomic E-state index is 0.0801. The summed E-state index contributed by atoms with van der Waals surface area (Å²) in [4.78, 5) is 20.7. The Morgan fingerprint density at radius 3 is 3.04 bits per heavy atom. The fourth-order valence-corrected chi connectivity index (χ4v) is 3.34. The molecule has 1 aromatic rings. The maximum atomic E-state index is 12.3. The number of piperazine rings is 1. The van der Waals surface area contributed by atoms with Crippen LogP contribution in [0.1, 0.15) is 19.8 Å². The number of hydrogen-bond acceptors (Lipinski definition) is 5. The van der Waals surface area contributed by atoms with E-state index in [0.29, 0.717) is 67.5 Å². The van der Waals surface area contributed by atoms with Crippen molar-refractivity contribution in [2.45, 2.75) is 25.8 Å². The summed E-state index contributed by atoms with van der Waals surface area (Å²) < 4.78 is 11.2. The Morgan fingerprint density at radius 1 is 1.42 bits per heavy atom. The number of rotatable bonds is 5. The van der Waals surface area contributed by atoms with Gasteiger partial charge in [-0.2, -0.15) is 0 Å². The molecule has 0 bridgehead atoms. The number of hydrogen-bond donors (Lipinski definition) is 0. The van der Waals surface area contributed by atoms with Gasteiger partial charge in [0.1, 0.15) is 11.6 Å². The molecule has 6 nitrogen and oxygen atoms in total. The highest BCUT2D eigenvalue weighted by Gasteiger charge is 2.36. The lowest BCUT2D eigenvalue weighted by molar-refractivity contribution is -0.133. The average molecular weight is 374 g/mol. The van der Waals surface area contributed by atoms with Crippen molar-refractivity contribution in [3.63, 3.8) is 0 Å². The van der Waals surface area contributed by atoms with Crippen molar-refractivity contribution in [2.24, 2.45) is 0 Å². The Balaban J connectivity index is 1.62. The molecular weight excluding hydrogens is 353 g/mol. The van der Waals surface area contributed by atoms with Crippen molar-refractivity contribution in [1.82, 2.24) is 9.88 Å². The fourth-order valence-electron chi connectivity index (χ4n) is 3.02. The third-order valence-electron chi connectivity index (χ3n) is 4.25. The van der Waals surface area contributed by atoms with Crippen LogP contribution in [0.25, 0.3) is 0 Å². The number of aromatic nitrogens is 1. The van der Waals surface area contributed by atoms with Crippen LogP contribution >= 0.6 is 23.2 Å². The van der Waals surface area contributed by atoms with Crippen LogP contribution in [0, 0.1) is 0 Å². The average Bonchev–Trinajstić information content (AvgIpc) is 2.60. The van der Waals surface area contributed by atoms with Crippen LogP contribution in [0.3, 0.4) is 0 Å². The lowest BCUT2D eigenvalue weighted by Crippen LogP contribution is -2.58. The van der Waals surface area contributed by atoms with Gasteiger partial charge in [0, 0.05) is 32.4 Å². The van der Waals surface area contributed by atoms with Crippen LogP contribution in [-0.4, -0.2) is 61.3 Å². The van der Waals surface area contributed by atoms with Gasteiger partial charge in [-0.15, -0.1) is 0 Å². The van der Waals surface area contributed by atoms with E-state index in [1.165, 1.54) is 6.20 Å². The fraction of sp³-hybridized carbons (Fsp3) is 0.625. The van der Waals surface area contributed by atoms with Crippen molar-refractivity contribution < 1.29 is 14.3 Å². The molecule has 0 aliphatic carbocycles. The van der Waals surface area contributed by atoms with Crippen molar-refractivity contribution in [3.05, 3.63) is 16.2 Å². The van der Waals surface area contributed by atoms with E-state index in [1.807, 2.05) is 4.90 Å². The summed E-state index contributed by atoms with van der Waals surface area (Å²) in [6, 6.07) is 0.0801. The van der Waals surface area contributed by atoms with Crippen molar-refractivity contribution >= 4 is 34.9 Å². The number of anilines is 1. The zero-order chi connectivity index (χ0) is 17.1. The van der Waals surface area contributed by atoms with Gasteiger partial charge in [-0.25, -0.2) is 4.98 Å². The smallest absolute Gasteiger partial charge is 0.225 e. The Bertz CT molecular complexity index is 614. The van der Waals surface area contributed by atoms with E-state index in [1.54, 1.807) is 0 Å². The Hall–Kier alpha value is -1.24. The van der Waals surface area contributed by atoms with Crippen LogP contribution in [0.2, 0.25) is 10.0 Å². The summed E-state index contributed by atoms with van der Waals surface area (Å²) in [5.74, 6) is 1.37. The first-order valence-corrected chi connectivity index (χ1v) is 8.96. The lowest BCUT2D eigenvalue weighted by atomic mass is 10.1. The van der Waals surface area contributed by atoms with Gasteiger partial charge < -0.3 is 19.3 Å². The lowest BCUT2D eigenvalue weighted by Gasteiger charge is -2.44. The monoisotopic (exact) mass is 373 g/mol. The molecule has 0 radical (unpaired) electrons. The summed E-state index contributed by atoms with van der Waals surface area (Å²) >= 11 is 12.2. The predicted octanol–water partition coefficient (Wildman–Crippen LogP) is 2.61. The van der Waals surface area contributed by atoms with Crippen LogP contribution in [-0.2, 0) is 9.53 Å². The van der Waals surface area contributed by atoms with E-state index >= 15 is 0 Å². The maximum absolute atomic E-state index is 12.3. The van der Waals surface area contributed by atoms with Gasteiger partial charge in [0.2, 0.25) is 5.91 Å². The summed E-state index contributed by atoms with van der Waals surface area (Å²) in [6.45, 7) is 5.67. The molecule has 0 saturated carbocycles. The van der Waals surface area contributed by atoms with E-state index in [9.17, 15) is 4.79 Å². The molecule has 132 valence electrons. The molecule has 1 aromatic heterocycles. The molecule has 0 spiro atoms. The highest BCUT2D eigenvalue weighted by molar-refractivity contribution is 6.43. The third-order valence-corrected chi connectivity index (χ3v) is 5.01. The first-order valence-electron chi connectivity index (χ1n) is 8.20. The minimum atomic E-state index is 0.0801. The zero-order valence-corrected chi connectivity index (χ0v) is 15.1. The van der Waals surface area contributed by atoms with Crippen molar-refractivity contribution in [1.29, 1.82) is 0 Å². The molecular formula is C16H21Cl2N3O3. The van der Waals surface area contributed by atoms with Crippen molar-refractivity contribution in [2.75, 3.05) is 44.4 Å². The molecule has 1 fully saturated rings. The molecule has 1 saturated heterocycles. The number of ether oxygens (including phenoxy) is 2. The number of fused-ring (bicyclic) bond motifs is 3. The summed E-state index contributed by atoms with van der Waals surface area (Å²) in [7, 11) is 0. The second-order valence-electron chi connectivity index (χ2n) is 5.93. The number of pyridine rings is 1. The first-order chi connectivity index (χ1) is 11.6. The van der Waals surface area contributed by atoms with E-state index in [0.717, 1.165) is 6.42 Å². The number of amides is 1. The molecule has 0 aromatic carbocycles. The van der Waals surface area contributed by atoms with E-state index in [-0.39, 0.29) is 11.9 Å². The van der Waals surface area contributed by atoms with Crippen LogP contribution in [0.15, 0.2) is 6.20 Å². The largest absolute Gasteiger partial charge is 0.486 e. The van der Waals surface area contributed by atoms with E-state index < -0.39 is 0 Å². The third kappa shape index (κ3) is 3.55. The molecule has 1 amide bonds. The van der Waals surface area contributed by atoms with Gasteiger partial charge in [-0.1, -0.05) is 30.1 Å². The van der Waals surface area contributed by atoms with Crippen LogP contribution in [0.4, 0.5) is 5.82 Å². The highest BCUT2D eigenvalue weighted by Crippen LogP contribution is 2.42. The highest BCUT2D eigenvalue weighted by atomic mass is 35.5. The minimum Gasteiger partial charge on any atom is -0.486 e. The quantitative estimate of drug-likeness (QED) is 0.742. The van der Waals surface area contributed by atoms with Gasteiger partial charge >= 0.3 is 0 Å². The van der Waals surface area contributed by atoms with Crippen molar-refractivity contribution in [3.8, 4) is 5.75 Å². The number of halogens is 2. The number of carbonyl (C=O) groups excluding carboxylic acids is 1. The molecule has 24 heavy (non-hydrogen) atoms. The Morgan fingerprint density at radius 2 is 2.25 bits per heavy atom. The van der Waals surface area contributed by atoms with Gasteiger partial charge in [0.15, 0.2) is 11.6 Å². The van der Waals surface area contributed by atoms with Crippen LogP contribution in [0.5, 0.6) is 5.75 Å². The molecule has 0 N–H and O–H groups in total. The molecule has 1 atom stereocenters. The van der Waals surface area contributed by atoms with E-state index in [4.69, 9.17) is 32.7 Å². The van der Waals surface area contributed by atoms with Gasteiger partial charge in [0.05, 0.1) is 24.1 Å². The standard InChI is InChI=1S/C16H21Cl2N3O3/c1-2-6-23-7-3-13(22)20-4-5-21-11(9-20)10-24-15-14(18)12(17)8-19-16(15)21/h8,11H,2-7,9-10H2,1H3. The summed E-state index contributed by atoms with van der Waals surface area (Å²) in [6.07, 6.45) is 2.92. The van der Waals surface area contributed by atoms with Gasteiger partial charge in [-0.3, -0.25) is 4.79 Å². The van der Waals surface area contributed by atoms with Gasteiger partial charge in [-0.05, 0) is 6.42 Å². The number of nitrogens with zero attached hydrogens (tertiary/aromatic N) is 3. The van der Waals surface area contributed by atoms with E-state index in [2.05, 4.69) is 16.8 Å². The maximum Gasteiger partial charge on any atom is 0.225 e. The Kier molecular flexibility index (Phi) is 5.69. The SMILES string of the molecule is CCCOCCC(=O)N1CCN2c3ncc(Cl)c(Cl)c3OCC2C1. The normalized spacial score (nSPS) is 19.5. The molecule has 1 unspecified atom stereocenters.